The molecule has 5 heteroatoms. The van der Waals surface area contributed by atoms with Gasteiger partial charge in [0.1, 0.15) is 6.04 Å². The molecule has 0 rings (SSSR count). The van der Waals surface area contributed by atoms with Gasteiger partial charge in [-0.15, -0.1) is 0 Å². The fourth-order valence-electron chi connectivity index (χ4n) is 1.02. The number of likely N-dealkylation sites (N-methyl/N-ethyl adjacent to an activating group) is 1. The summed E-state index contributed by atoms with van der Waals surface area (Å²) < 4.78 is 0. The monoisotopic (exact) mass is 189 g/mol. The molecular formula is C8H19N3O2. The highest BCUT2D eigenvalue weighted by Crippen LogP contribution is 2.06. The number of rotatable bonds is 5. The number of amides is 1. The van der Waals surface area contributed by atoms with Gasteiger partial charge in [0.25, 0.3) is 5.91 Å². The van der Waals surface area contributed by atoms with Gasteiger partial charge in [0.15, 0.2) is 0 Å². The van der Waals surface area contributed by atoms with E-state index in [0.29, 0.717) is 12.3 Å². The summed E-state index contributed by atoms with van der Waals surface area (Å²) in [7, 11) is 3.01. The molecule has 1 amide bonds. The summed E-state index contributed by atoms with van der Waals surface area (Å²) >= 11 is 0. The molecule has 0 aromatic rings. The Kier molecular flexibility index (Phi) is 5.61. The summed E-state index contributed by atoms with van der Waals surface area (Å²) in [6.07, 6.45) is 0.697. The lowest BCUT2D eigenvalue weighted by molar-refractivity contribution is -0.171. The summed E-state index contributed by atoms with van der Waals surface area (Å²) in [5.74, 6) is 5.52. The van der Waals surface area contributed by atoms with E-state index < -0.39 is 0 Å². The van der Waals surface area contributed by atoms with Gasteiger partial charge in [-0.05, 0) is 12.3 Å². The normalized spacial score (nSPS) is 13.1. The third-order valence-corrected chi connectivity index (χ3v) is 1.79. The molecule has 13 heavy (non-hydrogen) atoms. The Balaban J connectivity index is 4.14. The Labute approximate surface area is 79.1 Å². The molecule has 1 atom stereocenters. The van der Waals surface area contributed by atoms with Gasteiger partial charge < -0.3 is 0 Å². The molecule has 0 unspecified atom stereocenters. The third-order valence-electron chi connectivity index (χ3n) is 1.79. The highest BCUT2D eigenvalue weighted by molar-refractivity contribution is 5.80. The van der Waals surface area contributed by atoms with Crippen LogP contribution in [0.2, 0.25) is 0 Å². The second kappa shape index (κ2) is 5.90. The van der Waals surface area contributed by atoms with Crippen LogP contribution in [-0.4, -0.2) is 31.2 Å². The molecule has 0 heterocycles. The minimum Gasteiger partial charge on any atom is -0.275 e. The van der Waals surface area contributed by atoms with Gasteiger partial charge in [-0.1, -0.05) is 13.8 Å². The Morgan fingerprint density at radius 1 is 1.62 bits per heavy atom. The number of hydrogen-bond acceptors (Lipinski definition) is 4. The number of hydrazine groups is 1. The van der Waals surface area contributed by atoms with Gasteiger partial charge in [-0.3, -0.25) is 15.5 Å². The molecule has 0 saturated heterocycles. The first-order chi connectivity index (χ1) is 6.02. The molecule has 0 aromatic heterocycles. The molecule has 3 N–H and O–H groups in total. The molecule has 0 radical (unpaired) electrons. The van der Waals surface area contributed by atoms with Crippen LogP contribution in [0.4, 0.5) is 0 Å². The van der Waals surface area contributed by atoms with Crippen molar-refractivity contribution in [2.75, 3.05) is 14.2 Å². The molecule has 78 valence electrons. The van der Waals surface area contributed by atoms with Crippen LogP contribution in [0.25, 0.3) is 0 Å². The van der Waals surface area contributed by atoms with Crippen molar-refractivity contribution in [3.63, 3.8) is 0 Å². The maximum absolute atomic E-state index is 11.5. The van der Waals surface area contributed by atoms with Crippen molar-refractivity contribution in [1.82, 2.24) is 10.5 Å². The second-order valence-electron chi connectivity index (χ2n) is 3.37. The van der Waals surface area contributed by atoms with E-state index in [2.05, 4.69) is 5.43 Å². The van der Waals surface area contributed by atoms with Gasteiger partial charge in [0, 0.05) is 7.05 Å². The fraction of sp³-hybridized carbons (Fsp3) is 0.875. The Hall–Kier alpha value is -0.650. The standard InChI is InChI=1S/C8H19N3O2/c1-6(2)5-7(10-9)8(12)11(3)13-4/h6-7,10H,5,9H2,1-4H3/t7-/m0/s1. The molecule has 0 aromatic carbocycles. The number of nitrogens with two attached hydrogens (primary N) is 1. The van der Waals surface area contributed by atoms with Crippen molar-refractivity contribution >= 4 is 5.91 Å². The van der Waals surface area contributed by atoms with Crippen LogP contribution in [0, 0.1) is 5.92 Å². The SMILES string of the molecule is CON(C)C(=O)[C@H](CC(C)C)NN. The number of nitrogens with one attached hydrogen (secondary N) is 1. The number of hydroxylamine groups is 2. The van der Waals surface area contributed by atoms with Crippen LogP contribution in [0.1, 0.15) is 20.3 Å². The summed E-state index contributed by atoms with van der Waals surface area (Å²) in [4.78, 5) is 16.3. The van der Waals surface area contributed by atoms with Gasteiger partial charge >= 0.3 is 0 Å². The van der Waals surface area contributed by atoms with Gasteiger partial charge in [-0.25, -0.2) is 10.5 Å². The van der Waals surface area contributed by atoms with Crippen LogP contribution in [-0.2, 0) is 9.63 Å². The summed E-state index contributed by atoms with van der Waals surface area (Å²) in [6.45, 7) is 4.06. The highest BCUT2D eigenvalue weighted by atomic mass is 16.7. The van der Waals surface area contributed by atoms with E-state index >= 15 is 0 Å². The third kappa shape index (κ3) is 4.21. The average Bonchev–Trinajstić information content (AvgIpc) is 2.11. The van der Waals surface area contributed by atoms with Crippen LogP contribution >= 0.6 is 0 Å². The number of hydrogen-bond donors (Lipinski definition) is 2. The number of carbonyl (C=O) groups is 1. The van der Waals surface area contributed by atoms with Crippen molar-refractivity contribution in [2.45, 2.75) is 26.3 Å². The fourth-order valence-corrected chi connectivity index (χ4v) is 1.02. The quantitative estimate of drug-likeness (QED) is 0.467. The van der Waals surface area contributed by atoms with Crippen LogP contribution in [0.5, 0.6) is 0 Å². The summed E-state index contributed by atoms with van der Waals surface area (Å²) in [5, 5.41) is 1.17. The second-order valence-corrected chi connectivity index (χ2v) is 3.37. The smallest absolute Gasteiger partial charge is 0.264 e. The number of carbonyl (C=O) groups excluding carboxylic acids is 1. The van der Waals surface area contributed by atoms with Gasteiger partial charge in [0.05, 0.1) is 7.11 Å². The molecule has 0 aliphatic heterocycles. The molecule has 5 nitrogen and oxygen atoms in total. The van der Waals surface area contributed by atoms with E-state index in [-0.39, 0.29) is 11.9 Å². The van der Waals surface area contributed by atoms with Crippen molar-refractivity contribution in [3.05, 3.63) is 0 Å². The lowest BCUT2D eigenvalue weighted by atomic mass is 10.0. The molecule has 0 saturated carbocycles. The zero-order valence-electron chi connectivity index (χ0n) is 8.70. The highest BCUT2D eigenvalue weighted by Gasteiger charge is 2.21. The molecule has 0 aliphatic rings. The lowest BCUT2D eigenvalue weighted by Crippen LogP contribution is -2.48. The Morgan fingerprint density at radius 2 is 2.15 bits per heavy atom. The molecule has 0 fully saturated rings. The van der Waals surface area contributed by atoms with Gasteiger partial charge in [-0.2, -0.15) is 0 Å². The van der Waals surface area contributed by atoms with E-state index in [1.807, 2.05) is 13.8 Å². The largest absolute Gasteiger partial charge is 0.275 e. The summed E-state index contributed by atoms with van der Waals surface area (Å²) in [6, 6.07) is -0.370. The van der Waals surface area contributed by atoms with Crippen molar-refractivity contribution in [3.8, 4) is 0 Å². The Morgan fingerprint density at radius 3 is 2.46 bits per heavy atom. The summed E-state index contributed by atoms with van der Waals surface area (Å²) in [5.41, 5.74) is 2.48. The van der Waals surface area contributed by atoms with E-state index in [1.54, 1.807) is 7.05 Å². The predicted molar refractivity (Wildman–Crippen MR) is 50.3 cm³/mol. The van der Waals surface area contributed by atoms with Crippen molar-refractivity contribution in [2.24, 2.45) is 11.8 Å². The van der Waals surface area contributed by atoms with E-state index in [4.69, 9.17) is 10.7 Å². The minimum absolute atomic E-state index is 0.154. The molecule has 0 bridgehead atoms. The van der Waals surface area contributed by atoms with E-state index in [9.17, 15) is 4.79 Å². The first-order valence-electron chi connectivity index (χ1n) is 4.30. The topological polar surface area (TPSA) is 67.6 Å². The minimum atomic E-state index is -0.370. The molecular weight excluding hydrogens is 170 g/mol. The van der Waals surface area contributed by atoms with Crippen molar-refractivity contribution in [1.29, 1.82) is 0 Å². The van der Waals surface area contributed by atoms with Crippen LogP contribution in [0.3, 0.4) is 0 Å². The zero-order valence-corrected chi connectivity index (χ0v) is 8.70. The van der Waals surface area contributed by atoms with Crippen LogP contribution in [0.15, 0.2) is 0 Å². The maximum atomic E-state index is 11.5. The average molecular weight is 189 g/mol. The number of nitrogens with zero attached hydrogens (tertiary/aromatic N) is 1. The predicted octanol–water partition coefficient (Wildman–Crippen LogP) is -0.116. The van der Waals surface area contributed by atoms with E-state index in [1.165, 1.54) is 12.2 Å². The van der Waals surface area contributed by atoms with Crippen molar-refractivity contribution < 1.29 is 9.63 Å². The van der Waals surface area contributed by atoms with E-state index in [0.717, 1.165) is 0 Å². The Bertz CT molecular complexity index is 161. The first-order valence-corrected chi connectivity index (χ1v) is 4.30. The first kappa shape index (κ1) is 12.3. The van der Waals surface area contributed by atoms with Crippen LogP contribution < -0.4 is 11.3 Å². The zero-order chi connectivity index (χ0) is 10.4. The lowest BCUT2D eigenvalue weighted by Gasteiger charge is -2.22. The maximum Gasteiger partial charge on any atom is 0.264 e. The molecule has 0 aliphatic carbocycles. The molecule has 0 spiro atoms. The van der Waals surface area contributed by atoms with Gasteiger partial charge in [0.2, 0.25) is 0 Å².